The van der Waals surface area contributed by atoms with Crippen LogP contribution in [0.3, 0.4) is 0 Å². The van der Waals surface area contributed by atoms with Crippen molar-refractivity contribution in [2.45, 2.75) is 47.1 Å². The van der Waals surface area contributed by atoms with Crippen molar-refractivity contribution >= 4 is 5.71 Å². The molecule has 0 radical (unpaired) electrons. The Morgan fingerprint density at radius 2 is 1.71 bits per heavy atom. The molecule has 0 fully saturated rings. The fourth-order valence-electron chi connectivity index (χ4n) is 3.21. The maximum Gasteiger partial charge on any atom is 0.125 e. The number of hydrogen-bond acceptors (Lipinski definition) is 5. The molecule has 0 atom stereocenters. The molecule has 0 heterocycles. The molecule has 0 aromatic heterocycles. The number of allylic oxidation sites excluding steroid dienone is 1. The van der Waals surface area contributed by atoms with Gasteiger partial charge in [0.05, 0.1) is 25.5 Å². The molecule has 0 amide bonds. The summed E-state index contributed by atoms with van der Waals surface area (Å²) in [6, 6.07) is 12.3. The van der Waals surface area contributed by atoms with Gasteiger partial charge in [0.1, 0.15) is 25.2 Å². The zero-order valence-corrected chi connectivity index (χ0v) is 19.4. The van der Waals surface area contributed by atoms with Crippen LogP contribution in [0.5, 0.6) is 11.5 Å². The molecule has 0 aliphatic heterocycles. The van der Waals surface area contributed by atoms with Gasteiger partial charge in [0.25, 0.3) is 0 Å². The highest BCUT2D eigenvalue weighted by Crippen LogP contribution is 2.28. The molecule has 2 rings (SSSR count). The van der Waals surface area contributed by atoms with Crippen molar-refractivity contribution in [1.29, 1.82) is 0 Å². The fourth-order valence-corrected chi connectivity index (χ4v) is 3.21. The van der Waals surface area contributed by atoms with Crippen LogP contribution in [0, 0.1) is 13.8 Å². The first-order valence-electron chi connectivity index (χ1n) is 10.8. The highest BCUT2D eigenvalue weighted by atomic mass is 16.6. The normalized spacial score (nSPS) is 11.7. The lowest BCUT2D eigenvalue weighted by Crippen LogP contribution is -2.06. The molecule has 168 valence electrons. The number of ether oxygens (including phenoxy) is 3. The molecule has 2 aromatic rings. The third-order valence-corrected chi connectivity index (χ3v) is 4.79. The van der Waals surface area contributed by atoms with Crippen LogP contribution in [0.25, 0.3) is 0 Å². The van der Waals surface area contributed by atoms with E-state index in [1.165, 1.54) is 0 Å². The number of aryl methyl sites for hydroxylation is 2. The summed E-state index contributed by atoms with van der Waals surface area (Å²) in [4.78, 5) is 4.90. The minimum atomic E-state index is 0.580. The monoisotopic (exact) mass is 425 g/mol. The Kier molecular flexibility index (Phi) is 10.7. The summed E-state index contributed by atoms with van der Waals surface area (Å²) in [5.41, 5.74) is 5.32. The highest BCUT2D eigenvalue weighted by Gasteiger charge is 2.07. The summed E-state index contributed by atoms with van der Waals surface area (Å²) in [5.74, 6) is 1.80. The van der Waals surface area contributed by atoms with E-state index in [4.69, 9.17) is 19.0 Å². The summed E-state index contributed by atoms with van der Waals surface area (Å²) in [5, 5.41) is 4.06. The number of oxime groups is 1. The first-order valence-corrected chi connectivity index (χ1v) is 10.8. The summed E-state index contributed by atoms with van der Waals surface area (Å²) in [7, 11) is 1.57. The van der Waals surface area contributed by atoms with Crippen LogP contribution in [-0.2, 0) is 16.2 Å². The fraction of sp³-hybridized carbons (Fsp3) is 0.423. The van der Waals surface area contributed by atoms with E-state index >= 15 is 0 Å². The molecule has 0 aliphatic rings. The van der Waals surface area contributed by atoms with Gasteiger partial charge >= 0.3 is 0 Å². The molecular weight excluding hydrogens is 390 g/mol. The van der Waals surface area contributed by atoms with Crippen LogP contribution in [-0.4, -0.2) is 32.6 Å². The second kappa shape index (κ2) is 13.5. The Bertz CT molecular complexity index is 833. The number of nitrogens with zero attached hydrogens (tertiary/aromatic N) is 1. The summed E-state index contributed by atoms with van der Waals surface area (Å²) in [6.07, 6.45) is 5.63. The van der Waals surface area contributed by atoms with E-state index in [-0.39, 0.29) is 0 Å². The van der Waals surface area contributed by atoms with Gasteiger partial charge in [0.2, 0.25) is 0 Å². The van der Waals surface area contributed by atoms with E-state index in [1.54, 1.807) is 7.11 Å². The molecule has 0 bridgehead atoms. The Morgan fingerprint density at radius 1 is 1.00 bits per heavy atom. The van der Waals surface area contributed by atoms with Gasteiger partial charge in [-0.2, -0.15) is 0 Å². The lowest BCUT2D eigenvalue weighted by molar-refractivity contribution is 0.107. The van der Waals surface area contributed by atoms with Crippen molar-refractivity contribution in [2.75, 3.05) is 26.9 Å². The number of benzene rings is 2. The Balaban J connectivity index is 1.73. The van der Waals surface area contributed by atoms with E-state index in [0.717, 1.165) is 52.3 Å². The number of rotatable bonds is 13. The standard InChI is InChI=1S/C26H35NO4/c1-6-8-15-30-24-17-20(3)26(21(4)18-24)31-16-9-14-29-19-22-10-12-23(13-11-22)25(7-2)27-28-5/h6,8,10-13,17-18H,7,9,14-16,19H2,1-5H3/b8-6+,27-25?. The molecule has 2 aromatic carbocycles. The smallest absolute Gasteiger partial charge is 0.125 e. The van der Waals surface area contributed by atoms with Gasteiger partial charge in [-0.1, -0.05) is 48.5 Å². The zero-order chi connectivity index (χ0) is 22.5. The minimum absolute atomic E-state index is 0.580. The minimum Gasteiger partial charge on any atom is -0.493 e. The quantitative estimate of drug-likeness (QED) is 0.171. The summed E-state index contributed by atoms with van der Waals surface area (Å²) < 4.78 is 17.5. The van der Waals surface area contributed by atoms with Crippen LogP contribution in [0.15, 0.2) is 53.7 Å². The van der Waals surface area contributed by atoms with Gasteiger partial charge in [-0.3, -0.25) is 0 Å². The van der Waals surface area contributed by atoms with E-state index < -0.39 is 0 Å². The maximum absolute atomic E-state index is 6.00. The molecular formula is C26H35NO4. The lowest BCUT2D eigenvalue weighted by atomic mass is 10.1. The van der Waals surface area contributed by atoms with Crippen molar-refractivity contribution in [3.05, 3.63) is 70.8 Å². The molecule has 5 heteroatoms. The summed E-state index contributed by atoms with van der Waals surface area (Å²) in [6.45, 7) is 10.6. The van der Waals surface area contributed by atoms with E-state index in [0.29, 0.717) is 26.4 Å². The van der Waals surface area contributed by atoms with Crippen LogP contribution >= 0.6 is 0 Å². The van der Waals surface area contributed by atoms with Gasteiger partial charge in [-0.05, 0) is 61.6 Å². The predicted molar refractivity (Wildman–Crippen MR) is 126 cm³/mol. The second-order valence-corrected chi connectivity index (χ2v) is 7.29. The van der Waals surface area contributed by atoms with Gasteiger partial charge in [-0.15, -0.1) is 0 Å². The van der Waals surface area contributed by atoms with Crippen molar-refractivity contribution in [3.8, 4) is 11.5 Å². The van der Waals surface area contributed by atoms with Crippen molar-refractivity contribution in [2.24, 2.45) is 5.16 Å². The van der Waals surface area contributed by atoms with Crippen LogP contribution < -0.4 is 9.47 Å². The van der Waals surface area contributed by atoms with Gasteiger partial charge in [0.15, 0.2) is 0 Å². The van der Waals surface area contributed by atoms with Gasteiger partial charge in [0, 0.05) is 6.42 Å². The topological polar surface area (TPSA) is 49.3 Å². The van der Waals surface area contributed by atoms with Crippen LogP contribution in [0.1, 0.15) is 48.9 Å². The third-order valence-electron chi connectivity index (χ3n) is 4.79. The molecule has 0 unspecified atom stereocenters. The van der Waals surface area contributed by atoms with Crippen molar-refractivity contribution < 1.29 is 19.0 Å². The van der Waals surface area contributed by atoms with E-state index in [2.05, 4.69) is 36.3 Å². The van der Waals surface area contributed by atoms with Crippen molar-refractivity contribution in [1.82, 2.24) is 0 Å². The molecule has 0 N–H and O–H groups in total. The van der Waals surface area contributed by atoms with Gasteiger partial charge in [-0.25, -0.2) is 0 Å². The predicted octanol–water partition coefficient (Wildman–Crippen LogP) is 6.00. The molecule has 0 saturated carbocycles. The van der Waals surface area contributed by atoms with Crippen molar-refractivity contribution in [3.63, 3.8) is 0 Å². The van der Waals surface area contributed by atoms with Crippen LogP contribution in [0.4, 0.5) is 0 Å². The van der Waals surface area contributed by atoms with E-state index in [9.17, 15) is 0 Å². The zero-order valence-electron chi connectivity index (χ0n) is 19.4. The molecule has 0 saturated heterocycles. The highest BCUT2D eigenvalue weighted by molar-refractivity contribution is 6.00. The number of hydrogen-bond donors (Lipinski definition) is 0. The average molecular weight is 426 g/mol. The SMILES string of the molecule is C/C=C/COc1cc(C)c(OCCCOCc2ccc(C(CC)=NOC)cc2)c(C)c1. The van der Waals surface area contributed by atoms with E-state index in [1.807, 2.05) is 45.1 Å². The Hall–Kier alpha value is -2.79. The first-order chi connectivity index (χ1) is 15.1. The average Bonchev–Trinajstić information content (AvgIpc) is 2.76. The first kappa shape index (κ1) is 24.5. The molecule has 0 spiro atoms. The largest absolute Gasteiger partial charge is 0.493 e. The van der Waals surface area contributed by atoms with Gasteiger partial charge < -0.3 is 19.0 Å². The maximum atomic E-state index is 6.00. The van der Waals surface area contributed by atoms with Crippen LogP contribution in [0.2, 0.25) is 0 Å². The Labute approximate surface area is 186 Å². The Morgan fingerprint density at radius 3 is 2.32 bits per heavy atom. The molecule has 31 heavy (non-hydrogen) atoms. The second-order valence-electron chi connectivity index (χ2n) is 7.29. The molecule has 5 nitrogen and oxygen atoms in total. The summed E-state index contributed by atoms with van der Waals surface area (Å²) >= 11 is 0. The lowest BCUT2D eigenvalue weighted by Gasteiger charge is -2.14. The molecule has 0 aliphatic carbocycles. The third kappa shape index (κ3) is 8.10.